The zero-order chi connectivity index (χ0) is 22.5. The van der Waals surface area contributed by atoms with Crippen LogP contribution in [0.2, 0.25) is 0 Å². The zero-order valence-corrected chi connectivity index (χ0v) is 18.2. The summed E-state index contributed by atoms with van der Waals surface area (Å²) < 4.78 is 15.7. The summed E-state index contributed by atoms with van der Waals surface area (Å²) in [5.74, 6) is 0.528. The fourth-order valence-electron chi connectivity index (χ4n) is 3.82. The number of rotatable bonds is 6. The summed E-state index contributed by atoms with van der Waals surface area (Å²) in [5.41, 5.74) is 1.46. The number of carbonyl (C=O) groups excluding carboxylic acids is 3. The quantitative estimate of drug-likeness (QED) is 0.635. The van der Waals surface area contributed by atoms with Crippen LogP contribution in [0, 0.1) is 0 Å². The Bertz CT molecular complexity index is 892. The third-order valence-electron chi connectivity index (χ3n) is 5.50. The summed E-state index contributed by atoms with van der Waals surface area (Å²) in [7, 11) is 4.36. The average Bonchev–Trinajstić information content (AvgIpc) is 2.78. The molecule has 2 heterocycles. The molecule has 2 aliphatic heterocycles. The highest BCUT2D eigenvalue weighted by Gasteiger charge is 2.35. The van der Waals surface area contributed by atoms with Crippen LogP contribution >= 0.6 is 0 Å². The van der Waals surface area contributed by atoms with Crippen LogP contribution in [0.15, 0.2) is 29.5 Å². The molecule has 3 rings (SSSR count). The van der Waals surface area contributed by atoms with Crippen LogP contribution in [0.5, 0.6) is 11.5 Å². The molecule has 0 aliphatic carbocycles. The molecule has 2 N–H and O–H groups in total. The Morgan fingerprint density at radius 3 is 2.32 bits per heavy atom. The summed E-state index contributed by atoms with van der Waals surface area (Å²) in [6, 6.07) is 4.09. The summed E-state index contributed by atoms with van der Waals surface area (Å²) in [6.07, 6.45) is 0. The van der Waals surface area contributed by atoms with Crippen molar-refractivity contribution in [2.75, 3.05) is 54.1 Å². The zero-order valence-electron chi connectivity index (χ0n) is 18.2. The Balaban J connectivity index is 1.93. The maximum atomic E-state index is 12.7. The van der Waals surface area contributed by atoms with Crippen molar-refractivity contribution in [3.63, 3.8) is 0 Å². The molecule has 3 amide bonds. The van der Waals surface area contributed by atoms with Crippen LogP contribution in [-0.4, -0.2) is 81.8 Å². The summed E-state index contributed by atoms with van der Waals surface area (Å²) in [6.45, 7) is 4.38. The lowest BCUT2D eigenvalue weighted by atomic mass is 9.94. The SMILES string of the molecule is COC(=O)C1=C(CN2CCN(C(C)=O)CC2)NC(=O)NC1c1ccc(OC)c(OC)c1. The van der Waals surface area contributed by atoms with Gasteiger partial charge in [0.25, 0.3) is 0 Å². The highest BCUT2D eigenvalue weighted by atomic mass is 16.5. The molecule has 1 fully saturated rings. The second kappa shape index (κ2) is 9.69. The second-order valence-electron chi connectivity index (χ2n) is 7.31. The van der Waals surface area contributed by atoms with Gasteiger partial charge < -0.3 is 29.7 Å². The van der Waals surface area contributed by atoms with Gasteiger partial charge in [0.05, 0.1) is 32.9 Å². The lowest BCUT2D eigenvalue weighted by Crippen LogP contribution is -2.52. The standard InChI is InChI=1S/C21H28N4O6/c1-13(26)25-9-7-24(8-10-25)12-15-18(20(27)31-4)19(23-21(28)22-15)14-5-6-16(29-2)17(11-14)30-3/h5-6,11,19H,7-10,12H2,1-4H3,(H2,22,23,28). The second-order valence-corrected chi connectivity index (χ2v) is 7.31. The van der Waals surface area contributed by atoms with Gasteiger partial charge in [0.2, 0.25) is 5.91 Å². The first-order valence-electron chi connectivity index (χ1n) is 9.96. The van der Waals surface area contributed by atoms with Crippen LogP contribution in [0.25, 0.3) is 0 Å². The van der Waals surface area contributed by atoms with Gasteiger partial charge in [-0.25, -0.2) is 9.59 Å². The molecule has 1 atom stereocenters. The molecule has 1 saturated heterocycles. The first kappa shape index (κ1) is 22.4. The normalized spacial score (nSPS) is 19.4. The average molecular weight is 432 g/mol. The predicted molar refractivity (Wildman–Crippen MR) is 112 cm³/mol. The van der Waals surface area contributed by atoms with E-state index in [4.69, 9.17) is 14.2 Å². The minimum Gasteiger partial charge on any atom is -0.493 e. The molecule has 0 spiro atoms. The number of ether oxygens (including phenoxy) is 3. The fraction of sp³-hybridized carbons (Fsp3) is 0.476. The number of hydrogen-bond donors (Lipinski definition) is 2. The largest absolute Gasteiger partial charge is 0.493 e. The monoisotopic (exact) mass is 432 g/mol. The van der Waals surface area contributed by atoms with E-state index < -0.39 is 18.0 Å². The number of amides is 3. The molecule has 168 valence electrons. The Morgan fingerprint density at radius 1 is 1.06 bits per heavy atom. The number of esters is 1. The number of methoxy groups -OCH3 is 3. The number of carbonyl (C=O) groups is 3. The summed E-state index contributed by atoms with van der Waals surface area (Å²) in [4.78, 5) is 40.6. The van der Waals surface area contributed by atoms with Gasteiger partial charge in [0.1, 0.15) is 0 Å². The van der Waals surface area contributed by atoms with Crippen molar-refractivity contribution in [2.45, 2.75) is 13.0 Å². The Hall–Kier alpha value is -3.27. The van der Waals surface area contributed by atoms with E-state index in [-0.39, 0.29) is 5.91 Å². The van der Waals surface area contributed by atoms with E-state index in [0.717, 1.165) is 0 Å². The van der Waals surface area contributed by atoms with Crippen LogP contribution < -0.4 is 20.1 Å². The van der Waals surface area contributed by atoms with Gasteiger partial charge in [-0.3, -0.25) is 9.69 Å². The van der Waals surface area contributed by atoms with Crippen molar-refractivity contribution in [3.05, 3.63) is 35.0 Å². The Morgan fingerprint density at radius 2 is 1.74 bits per heavy atom. The lowest BCUT2D eigenvalue weighted by Gasteiger charge is -2.36. The van der Waals surface area contributed by atoms with Gasteiger partial charge in [-0.2, -0.15) is 0 Å². The number of nitrogens with one attached hydrogen (secondary N) is 2. The Labute approximate surface area is 181 Å². The molecular formula is C21H28N4O6. The maximum absolute atomic E-state index is 12.7. The van der Waals surface area contributed by atoms with Crippen LogP contribution in [0.4, 0.5) is 4.79 Å². The molecule has 2 aliphatic rings. The van der Waals surface area contributed by atoms with Gasteiger partial charge in [-0.1, -0.05) is 6.07 Å². The van der Waals surface area contributed by atoms with Crippen molar-refractivity contribution >= 4 is 17.9 Å². The number of benzene rings is 1. The van der Waals surface area contributed by atoms with Gasteiger partial charge in [-0.05, 0) is 17.7 Å². The fourth-order valence-corrected chi connectivity index (χ4v) is 3.82. The van der Waals surface area contributed by atoms with Crippen molar-refractivity contribution < 1.29 is 28.6 Å². The number of nitrogens with zero attached hydrogens (tertiary/aromatic N) is 2. The third kappa shape index (κ3) is 4.91. The van der Waals surface area contributed by atoms with Crippen LogP contribution in [-0.2, 0) is 14.3 Å². The van der Waals surface area contributed by atoms with Crippen molar-refractivity contribution in [3.8, 4) is 11.5 Å². The topological polar surface area (TPSA) is 109 Å². The summed E-state index contributed by atoms with van der Waals surface area (Å²) >= 11 is 0. The molecular weight excluding hydrogens is 404 g/mol. The molecule has 1 aromatic rings. The third-order valence-corrected chi connectivity index (χ3v) is 5.50. The first-order chi connectivity index (χ1) is 14.9. The highest BCUT2D eigenvalue weighted by Crippen LogP contribution is 2.34. The van der Waals surface area contributed by atoms with E-state index in [2.05, 4.69) is 15.5 Å². The molecule has 0 aromatic heterocycles. The smallest absolute Gasteiger partial charge is 0.338 e. The van der Waals surface area contributed by atoms with E-state index in [1.54, 1.807) is 30.0 Å². The summed E-state index contributed by atoms with van der Waals surface area (Å²) in [5, 5.41) is 5.56. The van der Waals surface area contributed by atoms with E-state index in [1.807, 2.05) is 0 Å². The number of hydrogen-bond acceptors (Lipinski definition) is 7. The number of piperazine rings is 1. The van der Waals surface area contributed by atoms with Crippen molar-refractivity contribution in [1.29, 1.82) is 0 Å². The van der Waals surface area contributed by atoms with E-state index >= 15 is 0 Å². The lowest BCUT2D eigenvalue weighted by molar-refractivity contribution is -0.136. The van der Waals surface area contributed by atoms with Gasteiger partial charge >= 0.3 is 12.0 Å². The van der Waals surface area contributed by atoms with Crippen LogP contribution in [0.3, 0.4) is 0 Å². The van der Waals surface area contributed by atoms with E-state index in [1.165, 1.54) is 21.3 Å². The van der Waals surface area contributed by atoms with E-state index in [9.17, 15) is 14.4 Å². The molecule has 10 nitrogen and oxygen atoms in total. The molecule has 1 aromatic carbocycles. The van der Waals surface area contributed by atoms with Gasteiger partial charge in [-0.15, -0.1) is 0 Å². The molecule has 1 unspecified atom stereocenters. The Kier molecular flexibility index (Phi) is 7.01. The minimum atomic E-state index is -0.713. The molecule has 31 heavy (non-hydrogen) atoms. The van der Waals surface area contributed by atoms with Crippen molar-refractivity contribution in [2.24, 2.45) is 0 Å². The molecule has 0 radical (unpaired) electrons. The number of urea groups is 1. The highest BCUT2D eigenvalue weighted by molar-refractivity contribution is 5.95. The van der Waals surface area contributed by atoms with Crippen molar-refractivity contribution in [1.82, 2.24) is 20.4 Å². The first-order valence-corrected chi connectivity index (χ1v) is 9.96. The molecule has 0 saturated carbocycles. The van der Waals surface area contributed by atoms with E-state index in [0.29, 0.717) is 61.1 Å². The van der Waals surface area contributed by atoms with Crippen LogP contribution in [0.1, 0.15) is 18.5 Å². The maximum Gasteiger partial charge on any atom is 0.338 e. The van der Waals surface area contributed by atoms with Gasteiger partial charge in [0.15, 0.2) is 11.5 Å². The predicted octanol–water partition coefficient (Wildman–Crippen LogP) is 0.649. The molecule has 0 bridgehead atoms. The van der Waals surface area contributed by atoms with Gasteiger partial charge in [0, 0.05) is 45.3 Å². The minimum absolute atomic E-state index is 0.0396. The molecule has 10 heteroatoms.